The van der Waals surface area contributed by atoms with Crippen LogP contribution in [0.5, 0.6) is 0 Å². The van der Waals surface area contributed by atoms with E-state index in [9.17, 15) is 0 Å². The van der Waals surface area contributed by atoms with E-state index in [1.807, 2.05) is 6.07 Å². The maximum absolute atomic E-state index is 5.11. The fourth-order valence-corrected chi connectivity index (χ4v) is 4.94. The third-order valence-electron chi connectivity index (χ3n) is 6.72. The largest absolute Gasteiger partial charge is 0.372 e. The Morgan fingerprint density at radius 1 is 0.818 bits per heavy atom. The first-order valence-electron chi connectivity index (χ1n) is 11.9. The molecule has 4 heteroatoms. The molecule has 1 aliphatic rings. The van der Waals surface area contributed by atoms with Crippen molar-refractivity contribution in [3.05, 3.63) is 84.6 Å². The van der Waals surface area contributed by atoms with Gasteiger partial charge < -0.3 is 14.9 Å². The third-order valence-corrected chi connectivity index (χ3v) is 6.72. The highest BCUT2D eigenvalue weighted by Crippen LogP contribution is 2.36. The number of anilines is 1. The van der Waals surface area contributed by atoms with Crippen LogP contribution >= 0.6 is 0 Å². The quantitative estimate of drug-likeness (QED) is 0.316. The molecule has 0 aliphatic carbocycles. The van der Waals surface area contributed by atoms with E-state index in [4.69, 9.17) is 4.98 Å². The maximum atomic E-state index is 5.11. The number of aryl methyl sites for hydroxylation is 1. The van der Waals surface area contributed by atoms with E-state index in [1.165, 1.54) is 35.9 Å². The molecule has 4 nitrogen and oxygen atoms in total. The maximum Gasteiger partial charge on any atom is 0.140 e. The second-order valence-corrected chi connectivity index (χ2v) is 9.02. The number of aromatic nitrogens is 3. The average molecular weight is 433 g/mol. The molecule has 1 aliphatic heterocycles. The lowest BCUT2D eigenvalue weighted by Gasteiger charge is -2.28. The van der Waals surface area contributed by atoms with Crippen molar-refractivity contribution in [3.63, 3.8) is 0 Å². The van der Waals surface area contributed by atoms with Gasteiger partial charge in [0.1, 0.15) is 5.82 Å². The number of fused-ring (bicyclic) bond motifs is 1. The Bertz CT molecular complexity index is 1390. The van der Waals surface area contributed by atoms with E-state index in [0.717, 1.165) is 52.5 Å². The van der Waals surface area contributed by atoms with Crippen molar-refractivity contribution < 1.29 is 0 Å². The van der Waals surface area contributed by atoms with Crippen LogP contribution in [0.3, 0.4) is 0 Å². The van der Waals surface area contributed by atoms with Crippen molar-refractivity contribution >= 4 is 16.6 Å². The van der Waals surface area contributed by atoms with Gasteiger partial charge in [-0.1, -0.05) is 54.1 Å². The third kappa shape index (κ3) is 3.72. The van der Waals surface area contributed by atoms with E-state index in [1.54, 1.807) is 0 Å². The van der Waals surface area contributed by atoms with Crippen LogP contribution in [0.15, 0.2) is 79.0 Å². The number of hydrogen-bond donors (Lipinski definition) is 2. The zero-order chi connectivity index (χ0) is 22.2. The topological polar surface area (TPSA) is 47.7 Å². The van der Waals surface area contributed by atoms with E-state index in [0.29, 0.717) is 0 Å². The molecule has 1 saturated heterocycles. The van der Waals surface area contributed by atoms with E-state index in [-0.39, 0.29) is 0 Å². The van der Waals surface area contributed by atoms with Gasteiger partial charge in [-0.3, -0.25) is 0 Å². The van der Waals surface area contributed by atoms with Crippen LogP contribution in [0, 0.1) is 6.92 Å². The van der Waals surface area contributed by atoms with E-state index < -0.39 is 0 Å². The van der Waals surface area contributed by atoms with Crippen molar-refractivity contribution in [2.75, 3.05) is 18.0 Å². The summed E-state index contributed by atoms with van der Waals surface area (Å²) in [6, 6.07) is 25.9. The Hall–Kier alpha value is -3.79. The summed E-state index contributed by atoms with van der Waals surface area (Å²) >= 11 is 0. The van der Waals surface area contributed by atoms with Crippen molar-refractivity contribution in [1.29, 1.82) is 0 Å². The first-order valence-corrected chi connectivity index (χ1v) is 11.9. The van der Waals surface area contributed by atoms with Gasteiger partial charge in [-0.2, -0.15) is 0 Å². The second kappa shape index (κ2) is 8.28. The fraction of sp³-hybridized carbons (Fsp3) is 0.207. The van der Waals surface area contributed by atoms with Gasteiger partial charge in [0, 0.05) is 52.6 Å². The number of piperidine rings is 1. The van der Waals surface area contributed by atoms with Gasteiger partial charge in [-0.25, -0.2) is 4.98 Å². The van der Waals surface area contributed by atoms with E-state index in [2.05, 4.69) is 94.7 Å². The van der Waals surface area contributed by atoms with Gasteiger partial charge in [0.25, 0.3) is 0 Å². The van der Waals surface area contributed by atoms with Gasteiger partial charge in [0.05, 0.1) is 11.4 Å². The second-order valence-electron chi connectivity index (χ2n) is 9.02. The summed E-state index contributed by atoms with van der Waals surface area (Å²) in [6.45, 7) is 4.44. The minimum absolute atomic E-state index is 0.890. The van der Waals surface area contributed by atoms with Crippen LogP contribution in [0.2, 0.25) is 0 Å². The highest BCUT2D eigenvalue weighted by atomic mass is 15.1. The number of aromatic amines is 2. The van der Waals surface area contributed by atoms with Gasteiger partial charge in [0.15, 0.2) is 0 Å². The summed E-state index contributed by atoms with van der Waals surface area (Å²) in [4.78, 5) is 14.7. The molecule has 0 saturated carbocycles. The lowest BCUT2D eigenvalue weighted by molar-refractivity contribution is 0.578. The molecule has 0 radical (unpaired) electrons. The minimum atomic E-state index is 0.890. The standard InChI is InChI=1S/C29H28N4/c1-20-10-15-26-24(18-20)25(19-30-26)29-31-27(21-8-4-2-5-9-21)28(32-29)22-11-13-23(14-12-22)33-16-6-3-7-17-33/h2,4-5,8-15,18-19,30H,3,6-7,16-17H2,1H3,(H,31,32). The average Bonchev–Trinajstić information content (AvgIpc) is 3.49. The lowest BCUT2D eigenvalue weighted by atomic mass is 10.0. The monoisotopic (exact) mass is 432 g/mol. The minimum Gasteiger partial charge on any atom is -0.372 e. The van der Waals surface area contributed by atoms with Crippen LogP contribution in [0.1, 0.15) is 24.8 Å². The number of benzene rings is 3. The molecule has 2 N–H and O–H groups in total. The zero-order valence-electron chi connectivity index (χ0n) is 18.9. The van der Waals surface area contributed by atoms with Crippen molar-refractivity contribution in [3.8, 4) is 33.9 Å². The van der Waals surface area contributed by atoms with Crippen LogP contribution < -0.4 is 4.90 Å². The van der Waals surface area contributed by atoms with E-state index >= 15 is 0 Å². The highest BCUT2D eigenvalue weighted by molar-refractivity contribution is 5.95. The van der Waals surface area contributed by atoms with Gasteiger partial charge in [-0.15, -0.1) is 0 Å². The first-order chi connectivity index (χ1) is 16.3. The fourth-order valence-electron chi connectivity index (χ4n) is 4.94. The number of H-pyrrole nitrogens is 2. The Labute approximate surface area is 194 Å². The number of rotatable bonds is 4. The molecule has 33 heavy (non-hydrogen) atoms. The predicted octanol–water partition coefficient (Wildman–Crippen LogP) is 7.19. The SMILES string of the molecule is Cc1ccc2[nH]cc(-c3nc(-c4ccccc4)c(-c4ccc(N5CCCCC5)cc4)[nH]3)c2c1. The number of nitrogens with one attached hydrogen (secondary N) is 2. The Kier molecular flexibility index (Phi) is 4.99. The molecular weight excluding hydrogens is 404 g/mol. The number of imidazole rings is 1. The molecular formula is C29H28N4. The van der Waals surface area contributed by atoms with Crippen molar-refractivity contribution in [2.24, 2.45) is 0 Å². The summed E-state index contributed by atoms with van der Waals surface area (Å²) in [5.41, 5.74) is 9.10. The summed E-state index contributed by atoms with van der Waals surface area (Å²) in [7, 11) is 0. The molecule has 0 bridgehead atoms. The highest BCUT2D eigenvalue weighted by Gasteiger charge is 2.18. The number of nitrogens with zero attached hydrogens (tertiary/aromatic N) is 2. The molecule has 5 aromatic rings. The summed E-state index contributed by atoms with van der Waals surface area (Å²) in [5.74, 6) is 0.890. The van der Waals surface area contributed by atoms with Crippen LogP contribution in [0.4, 0.5) is 5.69 Å². The summed E-state index contributed by atoms with van der Waals surface area (Å²) in [5, 5.41) is 1.19. The molecule has 1 fully saturated rings. The van der Waals surface area contributed by atoms with Crippen LogP contribution in [0.25, 0.3) is 44.8 Å². The Morgan fingerprint density at radius 3 is 2.39 bits per heavy atom. The molecule has 0 spiro atoms. The molecule has 3 aromatic carbocycles. The van der Waals surface area contributed by atoms with Crippen LogP contribution in [-0.4, -0.2) is 28.0 Å². The summed E-state index contributed by atoms with van der Waals surface area (Å²) < 4.78 is 0. The van der Waals surface area contributed by atoms with Gasteiger partial charge >= 0.3 is 0 Å². The molecule has 3 heterocycles. The first kappa shape index (κ1) is 19.9. The molecule has 0 unspecified atom stereocenters. The predicted molar refractivity (Wildman–Crippen MR) is 138 cm³/mol. The molecule has 0 amide bonds. The normalized spacial score (nSPS) is 14.2. The smallest absolute Gasteiger partial charge is 0.140 e. The molecule has 0 atom stereocenters. The van der Waals surface area contributed by atoms with Crippen molar-refractivity contribution in [2.45, 2.75) is 26.2 Å². The zero-order valence-corrected chi connectivity index (χ0v) is 18.9. The molecule has 2 aromatic heterocycles. The van der Waals surface area contributed by atoms with Gasteiger partial charge in [-0.05, 0) is 50.5 Å². The van der Waals surface area contributed by atoms with Crippen molar-refractivity contribution in [1.82, 2.24) is 15.0 Å². The number of hydrogen-bond acceptors (Lipinski definition) is 2. The van der Waals surface area contributed by atoms with Crippen LogP contribution in [-0.2, 0) is 0 Å². The Balaban J connectivity index is 1.45. The molecule has 6 rings (SSSR count). The lowest BCUT2D eigenvalue weighted by Crippen LogP contribution is -2.29. The summed E-state index contributed by atoms with van der Waals surface area (Å²) in [6.07, 6.45) is 5.97. The Morgan fingerprint density at radius 2 is 1.61 bits per heavy atom. The van der Waals surface area contributed by atoms with Gasteiger partial charge in [0.2, 0.25) is 0 Å². The molecule has 164 valence electrons.